The molecule has 4 aromatic rings. The van der Waals surface area contributed by atoms with Gasteiger partial charge in [0.1, 0.15) is 28.3 Å². The molecule has 32 heavy (non-hydrogen) atoms. The summed E-state index contributed by atoms with van der Waals surface area (Å²) in [5.74, 6) is 0.115. The first-order valence-electron chi connectivity index (χ1n) is 9.51. The van der Waals surface area contributed by atoms with Crippen molar-refractivity contribution in [1.29, 1.82) is 0 Å². The molecule has 10 nitrogen and oxygen atoms in total. The van der Waals surface area contributed by atoms with Crippen LogP contribution in [0.5, 0.6) is 0 Å². The summed E-state index contributed by atoms with van der Waals surface area (Å²) < 4.78 is 17.1. The van der Waals surface area contributed by atoms with Gasteiger partial charge in [-0.25, -0.2) is 4.39 Å². The largest absolute Gasteiger partial charge is 0.313 e. The average molecular weight is 477 g/mol. The first-order valence-corrected chi connectivity index (χ1v) is 10.7. The van der Waals surface area contributed by atoms with Crippen molar-refractivity contribution in [2.75, 3.05) is 5.32 Å². The highest BCUT2D eigenvalue weighted by Gasteiger charge is 2.26. The van der Waals surface area contributed by atoms with E-state index in [1.54, 1.807) is 47.6 Å². The fourth-order valence-corrected chi connectivity index (χ4v) is 4.34. The maximum absolute atomic E-state index is 14.0. The SMILES string of the molecule is Cc1nn(C(C)c2nnc(Nc3ccn(Cc4c(F)cccc4Cl)n3)s2)c(C)c1[N+](=O)[O-]. The van der Waals surface area contributed by atoms with Gasteiger partial charge in [0, 0.05) is 22.8 Å². The first kappa shape index (κ1) is 21.8. The predicted octanol–water partition coefficient (Wildman–Crippen LogP) is 4.65. The van der Waals surface area contributed by atoms with Crippen LogP contribution < -0.4 is 5.32 Å². The monoisotopic (exact) mass is 476 g/mol. The number of nitro groups is 1. The highest BCUT2D eigenvalue weighted by atomic mass is 35.5. The summed E-state index contributed by atoms with van der Waals surface area (Å²) in [5.41, 5.74) is 1.16. The lowest BCUT2D eigenvalue weighted by Gasteiger charge is -2.09. The summed E-state index contributed by atoms with van der Waals surface area (Å²) in [4.78, 5) is 10.8. The molecule has 3 heterocycles. The van der Waals surface area contributed by atoms with Crippen LogP contribution in [-0.2, 0) is 6.54 Å². The zero-order valence-corrected chi connectivity index (χ0v) is 18.9. The molecule has 1 N–H and O–H groups in total. The number of nitrogens with zero attached hydrogens (tertiary/aromatic N) is 7. The zero-order chi connectivity index (χ0) is 23.0. The Balaban J connectivity index is 1.48. The third-order valence-electron chi connectivity index (χ3n) is 4.89. The van der Waals surface area contributed by atoms with Crippen LogP contribution in [0.25, 0.3) is 0 Å². The minimum absolute atomic E-state index is 0.000194. The molecule has 0 aliphatic rings. The molecule has 0 aliphatic carbocycles. The average Bonchev–Trinajstić information content (AvgIpc) is 3.44. The Morgan fingerprint density at radius 2 is 2.06 bits per heavy atom. The smallest absolute Gasteiger partial charge is 0.312 e. The van der Waals surface area contributed by atoms with Gasteiger partial charge in [-0.3, -0.25) is 19.5 Å². The Hall–Kier alpha value is -3.38. The van der Waals surface area contributed by atoms with Crippen molar-refractivity contribution in [3.63, 3.8) is 0 Å². The third-order valence-corrected chi connectivity index (χ3v) is 6.25. The molecule has 166 valence electrons. The number of aryl methyl sites for hydroxylation is 1. The number of benzene rings is 1. The molecule has 4 rings (SSSR count). The van der Waals surface area contributed by atoms with E-state index in [0.717, 1.165) is 0 Å². The molecule has 0 bridgehead atoms. The standard InChI is InChI=1S/C19H18ClFN8O2S/c1-10-17(29(30)31)11(2)28(25-10)12(3)18-23-24-19(32-18)22-16-7-8-27(26-16)9-13-14(20)5-4-6-15(13)21/h4-8,12H,9H2,1-3H3,(H,22,24,26). The van der Waals surface area contributed by atoms with E-state index in [0.29, 0.717) is 37.9 Å². The van der Waals surface area contributed by atoms with E-state index in [4.69, 9.17) is 11.6 Å². The van der Waals surface area contributed by atoms with Crippen molar-refractivity contribution >= 4 is 39.6 Å². The molecule has 1 aromatic carbocycles. The summed E-state index contributed by atoms with van der Waals surface area (Å²) in [6.07, 6.45) is 1.70. The van der Waals surface area contributed by atoms with Crippen LogP contribution in [0.1, 0.15) is 34.9 Å². The van der Waals surface area contributed by atoms with E-state index in [1.165, 1.54) is 17.4 Å². The lowest BCUT2D eigenvalue weighted by atomic mass is 10.2. The topological polar surface area (TPSA) is 117 Å². The minimum Gasteiger partial charge on any atom is -0.313 e. The Labute approximate surface area is 190 Å². The Kier molecular flexibility index (Phi) is 5.89. The van der Waals surface area contributed by atoms with Crippen molar-refractivity contribution in [3.8, 4) is 0 Å². The predicted molar refractivity (Wildman–Crippen MR) is 118 cm³/mol. The highest BCUT2D eigenvalue weighted by molar-refractivity contribution is 7.15. The van der Waals surface area contributed by atoms with Gasteiger partial charge in [0.25, 0.3) is 0 Å². The summed E-state index contributed by atoms with van der Waals surface area (Å²) in [6.45, 7) is 5.29. The lowest BCUT2D eigenvalue weighted by molar-refractivity contribution is -0.386. The second-order valence-electron chi connectivity index (χ2n) is 7.07. The molecule has 13 heteroatoms. The second kappa shape index (κ2) is 8.63. The van der Waals surface area contributed by atoms with Gasteiger partial charge in [0.15, 0.2) is 5.82 Å². The fourth-order valence-electron chi connectivity index (χ4n) is 3.33. The van der Waals surface area contributed by atoms with Gasteiger partial charge in [-0.05, 0) is 32.9 Å². The van der Waals surface area contributed by atoms with E-state index in [2.05, 4.69) is 25.7 Å². The summed E-state index contributed by atoms with van der Waals surface area (Å²) in [5, 5.41) is 32.8. The summed E-state index contributed by atoms with van der Waals surface area (Å²) in [7, 11) is 0. The van der Waals surface area contributed by atoms with Crippen molar-refractivity contribution < 1.29 is 9.31 Å². The van der Waals surface area contributed by atoms with Crippen molar-refractivity contribution in [1.82, 2.24) is 29.8 Å². The summed E-state index contributed by atoms with van der Waals surface area (Å²) in [6, 6.07) is 5.92. The molecule has 0 saturated carbocycles. The Bertz CT molecular complexity index is 1280. The van der Waals surface area contributed by atoms with Crippen LogP contribution in [0, 0.1) is 29.8 Å². The number of hydrogen-bond acceptors (Lipinski definition) is 8. The first-order chi connectivity index (χ1) is 15.2. The molecular weight excluding hydrogens is 459 g/mol. The van der Waals surface area contributed by atoms with E-state index in [1.807, 2.05) is 6.92 Å². The van der Waals surface area contributed by atoms with Crippen molar-refractivity contribution in [3.05, 3.63) is 73.4 Å². The number of nitrogens with one attached hydrogen (secondary N) is 1. The van der Waals surface area contributed by atoms with E-state index >= 15 is 0 Å². The molecule has 0 saturated heterocycles. The van der Waals surface area contributed by atoms with Crippen LogP contribution in [-0.4, -0.2) is 34.7 Å². The van der Waals surface area contributed by atoms with Gasteiger partial charge in [0.05, 0.1) is 11.5 Å². The molecular formula is C19H18ClFN8O2S. The summed E-state index contributed by atoms with van der Waals surface area (Å²) >= 11 is 7.37. The number of halogens is 2. The van der Waals surface area contributed by atoms with E-state index < -0.39 is 10.7 Å². The third kappa shape index (κ3) is 4.18. The van der Waals surface area contributed by atoms with Crippen LogP contribution in [0.15, 0.2) is 30.5 Å². The van der Waals surface area contributed by atoms with Gasteiger partial charge in [-0.2, -0.15) is 10.2 Å². The molecule has 3 aromatic heterocycles. The van der Waals surface area contributed by atoms with E-state index in [9.17, 15) is 14.5 Å². The zero-order valence-electron chi connectivity index (χ0n) is 17.3. The number of rotatable bonds is 7. The van der Waals surface area contributed by atoms with Gasteiger partial charge in [-0.1, -0.05) is 29.0 Å². The Morgan fingerprint density at radius 1 is 1.28 bits per heavy atom. The Morgan fingerprint density at radius 3 is 2.75 bits per heavy atom. The normalized spacial score (nSPS) is 12.2. The molecule has 1 atom stereocenters. The van der Waals surface area contributed by atoms with Crippen LogP contribution in [0.3, 0.4) is 0 Å². The molecule has 0 amide bonds. The number of anilines is 2. The fraction of sp³-hybridized carbons (Fsp3) is 0.263. The number of aromatic nitrogens is 6. The highest BCUT2D eigenvalue weighted by Crippen LogP contribution is 2.30. The molecule has 0 radical (unpaired) electrons. The van der Waals surface area contributed by atoms with Crippen LogP contribution >= 0.6 is 22.9 Å². The lowest BCUT2D eigenvalue weighted by Crippen LogP contribution is -2.10. The molecule has 0 fully saturated rings. The van der Waals surface area contributed by atoms with Gasteiger partial charge in [-0.15, -0.1) is 10.2 Å². The van der Waals surface area contributed by atoms with E-state index in [-0.39, 0.29) is 18.3 Å². The quantitative estimate of drug-likeness (QED) is 0.304. The molecule has 1 unspecified atom stereocenters. The maximum atomic E-state index is 14.0. The minimum atomic E-state index is -0.432. The van der Waals surface area contributed by atoms with Crippen LogP contribution in [0.4, 0.5) is 21.0 Å². The maximum Gasteiger partial charge on any atom is 0.312 e. The van der Waals surface area contributed by atoms with Crippen molar-refractivity contribution in [2.45, 2.75) is 33.4 Å². The van der Waals surface area contributed by atoms with Gasteiger partial charge >= 0.3 is 5.69 Å². The van der Waals surface area contributed by atoms with Crippen molar-refractivity contribution in [2.24, 2.45) is 0 Å². The molecule has 0 spiro atoms. The van der Waals surface area contributed by atoms with Gasteiger partial charge in [0.2, 0.25) is 5.13 Å². The van der Waals surface area contributed by atoms with Crippen LogP contribution in [0.2, 0.25) is 5.02 Å². The second-order valence-corrected chi connectivity index (χ2v) is 8.48. The van der Waals surface area contributed by atoms with Gasteiger partial charge < -0.3 is 5.32 Å². The molecule has 0 aliphatic heterocycles. The number of hydrogen-bond donors (Lipinski definition) is 1.